The third kappa shape index (κ3) is 4.70. The highest BCUT2D eigenvalue weighted by molar-refractivity contribution is 8.00. The van der Waals surface area contributed by atoms with Crippen LogP contribution in [0.2, 0.25) is 0 Å². The van der Waals surface area contributed by atoms with Gasteiger partial charge in [0, 0.05) is 11.3 Å². The van der Waals surface area contributed by atoms with Gasteiger partial charge in [-0.15, -0.1) is 0 Å². The molecule has 0 saturated carbocycles. The van der Waals surface area contributed by atoms with Gasteiger partial charge in [-0.05, 0) is 31.5 Å². The van der Waals surface area contributed by atoms with Crippen LogP contribution in [0.3, 0.4) is 0 Å². The maximum absolute atomic E-state index is 12.6. The topological polar surface area (TPSA) is 54.9 Å². The number of carbonyl (C=O) groups is 1. The number of amides is 1. The van der Waals surface area contributed by atoms with Crippen molar-refractivity contribution in [3.63, 3.8) is 0 Å². The van der Waals surface area contributed by atoms with Crippen molar-refractivity contribution in [2.75, 3.05) is 5.32 Å². The zero-order chi connectivity index (χ0) is 18.4. The molecule has 1 amide bonds. The minimum Gasteiger partial charge on any atom is -0.325 e. The summed E-state index contributed by atoms with van der Waals surface area (Å²) in [4.78, 5) is 21.6. The molecule has 3 rings (SSSR count). The van der Waals surface area contributed by atoms with Crippen molar-refractivity contribution >= 4 is 23.4 Å². The van der Waals surface area contributed by atoms with E-state index in [1.165, 1.54) is 11.8 Å². The Morgan fingerprint density at radius 2 is 1.69 bits per heavy atom. The fourth-order valence-corrected chi connectivity index (χ4v) is 3.56. The van der Waals surface area contributed by atoms with Crippen molar-refractivity contribution in [1.82, 2.24) is 9.97 Å². The van der Waals surface area contributed by atoms with E-state index >= 15 is 0 Å². The highest BCUT2D eigenvalue weighted by Gasteiger charge is 2.19. The van der Waals surface area contributed by atoms with Crippen LogP contribution >= 0.6 is 11.8 Å². The number of aryl methyl sites for hydroxylation is 1. The smallest absolute Gasteiger partial charge is 0.237 e. The minimum atomic E-state index is -0.215. The Balaban J connectivity index is 1.78. The number of carbonyl (C=O) groups excluding carboxylic acids is 1. The van der Waals surface area contributed by atoms with Crippen molar-refractivity contribution in [2.45, 2.75) is 30.5 Å². The van der Waals surface area contributed by atoms with Crippen LogP contribution in [0.4, 0.5) is 5.69 Å². The maximum atomic E-state index is 12.6. The molecular weight excluding hydrogens is 342 g/mol. The predicted molar refractivity (Wildman–Crippen MR) is 107 cm³/mol. The largest absolute Gasteiger partial charge is 0.325 e. The van der Waals surface area contributed by atoms with Crippen LogP contribution in [-0.2, 0) is 4.79 Å². The lowest BCUT2D eigenvalue weighted by atomic mass is 10.1. The van der Waals surface area contributed by atoms with E-state index in [1.54, 1.807) is 0 Å². The molecule has 0 aliphatic carbocycles. The van der Waals surface area contributed by atoms with Crippen LogP contribution in [0, 0.1) is 6.92 Å². The Morgan fingerprint density at radius 1 is 1.04 bits per heavy atom. The maximum Gasteiger partial charge on any atom is 0.237 e. The van der Waals surface area contributed by atoms with E-state index in [9.17, 15) is 4.79 Å². The standard InChI is InChI=1S/C21H21N3OS/c1-3-19(21(25)24-17-12-8-5-9-13-17)26-20-14-18(22-15(2)23-20)16-10-6-4-7-11-16/h4-14,19H,3H2,1-2H3,(H,24,25). The second kappa shape index (κ2) is 8.63. The number of hydrogen-bond donors (Lipinski definition) is 1. The third-order valence-electron chi connectivity index (χ3n) is 3.85. The van der Waals surface area contributed by atoms with E-state index in [2.05, 4.69) is 15.3 Å². The molecule has 132 valence electrons. The van der Waals surface area contributed by atoms with Gasteiger partial charge in [0.15, 0.2) is 0 Å². The van der Waals surface area contributed by atoms with Crippen molar-refractivity contribution in [1.29, 1.82) is 0 Å². The normalized spacial score (nSPS) is 11.8. The summed E-state index contributed by atoms with van der Waals surface area (Å²) in [5.41, 5.74) is 2.72. The van der Waals surface area contributed by atoms with E-state index < -0.39 is 0 Å². The van der Waals surface area contributed by atoms with Crippen LogP contribution in [-0.4, -0.2) is 21.1 Å². The molecule has 0 saturated heterocycles. The summed E-state index contributed by atoms with van der Waals surface area (Å²) in [5.74, 6) is 0.688. The first kappa shape index (κ1) is 18.1. The molecule has 0 fully saturated rings. The second-order valence-corrected chi connectivity index (χ2v) is 7.10. The predicted octanol–water partition coefficient (Wildman–Crippen LogP) is 4.96. The van der Waals surface area contributed by atoms with E-state index in [1.807, 2.05) is 80.6 Å². The highest BCUT2D eigenvalue weighted by Crippen LogP contribution is 2.28. The lowest BCUT2D eigenvalue weighted by Gasteiger charge is -2.15. The highest BCUT2D eigenvalue weighted by atomic mass is 32.2. The summed E-state index contributed by atoms with van der Waals surface area (Å²) in [5, 5.41) is 3.57. The molecule has 2 aromatic carbocycles. The van der Waals surface area contributed by atoms with Crippen LogP contribution in [0.15, 0.2) is 71.8 Å². The number of para-hydroxylation sites is 1. The lowest BCUT2D eigenvalue weighted by Crippen LogP contribution is -2.24. The molecule has 1 atom stereocenters. The lowest BCUT2D eigenvalue weighted by molar-refractivity contribution is -0.115. The summed E-state index contributed by atoms with van der Waals surface area (Å²) in [6, 6.07) is 21.5. The van der Waals surface area contributed by atoms with E-state index in [4.69, 9.17) is 0 Å². The molecule has 1 N–H and O–H groups in total. The molecular formula is C21H21N3OS. The zero-order valence-corrected chi connectivity index (χ0v) is 15.7. The van der Waals surface area contributed by atoms with Crippen molar-refractivity contribution in [3.8, 4) is 11.3 Å². The molecule has 26 heavy (non-hydrogen) atoms. The SMILES string of the molecule is CCC(Sc1cc(-c2ccccc2)nc(C)n1)C(=O)Nc1ccccc1. The quantitative estimate of drug-likeness (QED) is 0.497. The summed E-state index contributed by atoms with van der Waals surface area (Å²) in [6.07, 6.45) is 0.715. The molecule has 0 spiro atoms. The van der Waals surface area contributed by atoms with Crippen LogP contribution < -0.4 is 5.32 Å². The first-order valence-corrected chi connectivity index (χ1v) is 9.47. The number of hydrogen-bond acceptors (Lipinski definition) is 4. The number of aromatic nitrogens is 2. The molecule has 0 radical (unpaired) electrons. The number of nitrogens with one attached hydrogen (secondary N) is 1. The number of anilines is 1. The summed E-state index contributed by atoms with van der Waals surface area (Å²) < 4.78 is 0. The molecule has 4 nitrogen and oxygen atoms in total. The van der Waals surface area contributed by atoms with E-state index in [-0.39, 0.29) is 11.2 Å². The first-order valence-electron chi connectivity index (χ1n) is 8.59. The van der Waals surface area contributed by atoms with E-state index in [0.717, 1.165) is 22.0 Å². The summed E-state index contributed by atoms with van der Waals surface area (Å²) >= 11 is 1.48. The number of thioether (sulfide) groups is 1. The van der Waals surface area contributed by atoms with Crippen LogP contribution in [0.5, 0.6) is 0 Å². The van der Waals surface area contributed by atoms with Gasteiger partial charge in [0.1, 0.15) is 10.9 Å². The second-order valence-electron chi connectivity index (χ2n) is 5.87. The molecule has 5 heteroatoms. The molecule has 3 aromatic rings. The van der Waals surface area contributed by atoms with Crippen molar-refractivity contribution in [2.24, 2.45) is 0 Å². The van der Waals surface area contributed by atoms with Gasteiger partial charge in [-0.2, -0.15) is 0 Å². The zero-order valence-electron chi connectivity index (χ0n) is 14.8. The summed E-state index contributed by atoms with van der Waals surface area (Å²) in [7, 11) is 0. The Bertz CT molecular complexity index is 869. The fourth-order valence-electron chi connectivity index (χ4n) is 2.57. The third-order valence-corrected chi connectivity index (χ3v) is 5.13. The van der Waals surface area contributed by atoms with Crippen LogP contribution in [0.25, 0.3) is 11.3 Å². The Kier molecular flexibility index (Phi) is 6.02. The van der Waals surface area contributed by atoms with Gasteiger partial charge in [0.2, 0.25) is 5.91 Å². The number of nitrogens with zero attached hydrogens (tertiary/aromatic N) is 2. The Hall–Kier alpha value is -2.66. The Labute approximate surface area is 158 Å². The minimum absolute atomic E-state index is 0.0128. The average Bonchev–Trinajstić information content (AvgIpc) is 2.67. The van der Waals surface area contributed by atoms with Gasteiger partial charge < -0.3 is 5.32 Å². The van der Waals surface area contributed by atoms with Crippen molar-refractivity contribution < 1.29 is 4.79 Å². The van der Waals surface area contributed by atoms with Gasteiger partial charge in [-0.25, -0.2) is 9.97 Å². The Morgan fingerprint density at radius 3 is 2.35 bits per heavy atom. The monoisotopic (exact) mass is 363 g/mol. The number of benzene rings is 2. The fraction of sp³-hybridized carbons (Fsp3) is 0.190. The van der Waals surface area contributed by atoms with Gasteiger partial charge in [0.05, 0.1) is 10.9 Å². The van der Waals surface area contributed by atoms with Gasteiger partial charge in [-0.1, -0.05) is 67.2 Å². The molecule has 1 aromatic heterocycles. The summed E-state index contributed by atoms with van der Waals surface area (Å²) in [6.45, 7) is 3.88. The van der Waals surface area contributed by atoms with Gasteiger partial charge in [0.25, 0.3) is 0 Å². The number of rotatable bonds is 6. The molecule has 1 unspecified atom stereocenters. The molecule has 0 aliphatic heterocycles. The van der Waals surface area contributed by atoms with Crippen LogP contribution in [0.1, 0.15) is 19.2 Å². The van der Waals surface area contributed by atoms with E-state index in [0.29, 0.717) is 12.2 Å². The molecule has 0 aliphatic rings. The van der Waals surface area contributed by atoms with Gasteiger partial charge in [-0.3, -0.25) is 4.79 Å². The first-order chi connectivity index (χ1) is 12.7. The van der Waals surface area contributed by atoms with Gasteiger partial charge >= 0.3 is 0 Å². The average molecular weight is 363 g/mol. The van der Waals surface area contributed by atoms with Crippen molar-refractivity contribution in [3.05, 3.63) is 72.6 Å². The molecule has 0 bridgehead atoms. The molecule has 1 heterocycles.